The number of nitrogens with zero attached hydrogens (tertiary/aromatic N) is 3. The molecule has 0 unspecified atom stereocenters. The van der Waals surface area contributed by atoms with Gasteiger partial charge in [0, 0.05) is 18.3 Å². The molecule has 4 aromatic rings. The smallest absolute Gasteiger partial charge is 0.256 e. The number of pyridine rings is 1. The van der Waals surface area contributed by atoms with Crippen LogP contribution in [0.15, 0.2) is 60.7 Å². The molecule has 1 N–H and O–H groups in total. The number of methoxy groups -OCH3 is 1. The van der Waals surface area contributed by atoms with Crippen LogP contribution in [0.1, 0.15) is 16.1 Å². The number of rotatable bonds is 4. The molecule has 0 aliphatic heterocycles. The highest BCUT2D eigenvalue weighted by atomic mass is 16.5. The fraction of sp³-hybridized carbons (Fsp3) is 0.136. The van der Waals surface area contributed by atoms with Crippen molar-refractivity contribution in [3.05, 3.63) is 71.9 Å². The Morgan fingerprint density at radius 3 is 2.46 bits per heavy atom. The van der Waals surface area contributed by atoms with E-state index in [1.54, 1.807) is 11.8 Å². The summed E-state index contributed by atoms with van der Waals surface area (Å²) >= 11 is 0. The number of hydrogen-bond donors (Lipinski definition) is 1. The van der Waals surface area contributed by atoms with Crippen molar-refractivity contribution in [1.29, 1.82) is 0 Å². The minimum absolute atomic E-state index is 0.203. The van der Waals surface area contributed by atoms with Crippen LogP contribution in [-0.2, 0) is 7.05 Å². The van der Waals surface area contributed by atoms with E-state index in [1.807, 2.05) is 74.6 Å². The Hall–Kier alpha value is -3.67. The number of carbonyl (C=O) groups excluding carboxylic acids is 1. The molecule has 0 aliphatic carbocycles. The van der Waals surface area contributed by atoms with Crippen molar-refractivity contribution >= 4 is 22.6 Å². The summed E-state index contributed by atoms with van der Waals surface area (Å²) in [5.41, 5.74) is 4.37. The first-order chi connectivity index (χ1) is 13.6. The molecule has 0 aliphatic rings. The number of hydrogen-bond acceptors (Lipinski definition) is 4. The molecule has 1 amide bonds. The maximum absolute atomic E-state index is 13.1. The van der Waals surface area contributed by atoms with Crippen LogP contribution in [-0.4, -0.2) is 27.8 Å². The molecule has 0 saturated carbocycles. The second kappa shape index (κ2) is 7.15. The SMILES string of the molecule is COc1ccc(NC(=O)c2cc(-c3ccccc3)nc3c2c(C)nn3C)cc1. The zero-order valence-electron chi connectivity index (χ0n) is 15.9. The van der Waals surface area contributed by atoms with Crippen molar-refractivity contribution in [2.75, 3.05) is 12.4 Å². The molecule has 28 heavy (non-hydrogen) atoms. The Labute approximate surface area is 162 Å². The number of aromatic nitrogens is 3. The Bertz CT molecular complexity index is 1150. The second-order valence-corrected chi connectivity index (χ2v) is 6.51. The van der Waals surface area contributed by atoms with Crippen molar-refractivity contribution in [3.8, 4) is 17.0 Å². The van der Waals surface area contributed by atoms with Crippen molar-refractivity contribution in [2.45, 2.75) is 6.92 Å². The minimum atomic E-state index is -0.203. The molecule has 4 rings (SSSR count). The first-order valence-electron chi connectivity index (χ1n) is 8.92. The van der Waals surface area contributed by atoms with E-state index in [0.29, 0.717) is 16.9 Å². The molecule has 0 atom stereocenters. The standard InChI is InChI=1S/C22H20N4O2/c1-14-20-18(22(27)23-16-9-11-17(28-3)12-10-16)13-19(15-7-5-4-6-8-15)24-21(20)26(2)25-14/h4-13H,1-3H3,(H,23,27). The van der Waals surface area contributed by atoms with Gasteiger partial charge in [-0.15, -0.1) is 0 Å². The van der Waals surface area contributed by atoms with E-state index in [1.165, 1.54) is 0 Å². The van der Waals surface area contributed by atoms with E-state index in [-0.39, 0.29) is 5.91 Å². The summed E-state index contributed by atoms with van der Waals surface area (Å²) in [5.74, 6) is 0.532. The summed E-state index contributed by atoms with van der Waals surface area (Å²) in [6.45, 7) is 1.89. The summed E-state index contributed by atoms with van der Waals surface area (Å²) in [6.07, 6.45) is 0. The second-order valence-electron chi connectivity index (χ2n) is 6.51. The molecule has 140 valence electrons. The van der Waals surface area contributed by atoms with Crippen LogP contribution in [0.5, 0.6) is 5.75 Å². The van der Waals surface area contributed by atoms with Gasteiger partial charge in [-0.25, -0.2) is 4.98 Å². The molecule has 0 radical (unpaired) electrons. The zero-order chi connectivity index (χ0) is 19.7. The largest absolute Gasteiger partial charge is 0.497 e. The topological polar surface area (TPSA) is 69.0 Å². The lowest BCUT2D eigenvalue weighted by Crippen LogP contribution is -2.13. The van der Waals surface area contributed by atoms with Gasteiger partial charge in [0.2, 0.25) is 0 Å². The Morgan fingerprint density at radius 2 is 1.79 bits per heavy atom. The van der Waals surface area contributed by atoms with Gasteiger partial charge in [-0.2, -0.15) is 5.10 Å². The van der Waals surface area contributed by atoms with Crippen LogP contribution < -0.4 is 10.1 Å². The first kappa shape index (κ1) is 17.7. The average Bonchev–Trinajstić information content (AvgIpc) is 3.02. The summed E-state index contributed by atoms with van der Waals surface area (Å²) < 4.78 is 6.88. The van der Waals surface area contributed by atoms with E-state index in [0.717, 1.165) is 28.1 Å². The van der Waals surface area contributed by atoms with Gasteiger partial charge in [-0.3, -0.25) is 9.48 Å². The number of fused-ring (bicyclic) bond motifs is 1. The zero-order valence-corrected chi connectivity index (χ0v) is 15.9. The third-order valence-corrected chi connectivity index (χ3v) is 4.63. The predicted molar refractivity (Wildman–Crippen MR) is 110 cm³/mol. The van der Waals surface area contributed by atoms with Crippen LogP contribution in [0.2, 0.25) is 0 Å². The lowest BCUT2D eigenvalue weighted by atomic mass is 10.0. The van der Waals surface area contributed by atoms with E-state index in [9.17, 15) is 4.79 Å². The van der Waals surface area contributed by atoms with Gasteiger partial charge in [0.1, 0.15) is 5.75 Å². The van der Waals surface area contributed by atoms with Gasteiger partial charge in [0.05, 0.1) is 29.4 Å². The highest BCUT2D eigenvalue weighted by Gasteiger charge is 2.19. The predicted octanol–water partition coefficient (Wildman–Crippen LogP) is 4.20. The normalized spacial score (nSPS) is 10.8. The van der Waals surface area contributed by atoms with E-state index in [2.05, 4.69) is 10.4 Å². The monoisotopic (exact) mass is 372 g/mol. The summed E-state index contributed by atoms with van der Waals surface area (Å²) in [6, 6.07) is 18.9. The van der Waals surface area contributed by atoms with Crippen LogP contribution in [0.4, 0.5) is 5.69 Å². The molecule has 0 spiro atoms. The molecule has 6 nitrogen and oxygen atoms in total. The number of ether oxygens (including phenoxy) is 1. The van der Waals surface area contributed by atoms with Crippen molar-refractivity contribution in [3.63, 3.8) is 0 Å². The summed E-state index contributed by atoms with van der Waals surface area (Å²) in [7, 11) is 3.44. The fourth-order valence-corrected chi connectivity index (χ4v) is 3.25. The van der Waals surface area contributed by atoms with Crippen LogP contribution in [0, 0.1) is 6.92 Å². The minimum Gasteiger partial charge on any atom is -0.497 e. The molecule has 0 bridgehead atoms. The molecular weight excluding hydrogens is 352 g/mol. The van der Waals surface area contributed by atoms with Gasteiger partial charge in [-0.1, -0.05) is 30.3 Å². The van der Waals surface area contributed by atoms with Gasteiger partial charge in [-0.05, 0) is 37.3 Å². The highest BCUT2D eigenvalue weighted by molar-refractivity contribution is 6.13. The molecular formula is C22H20N4O2. The number of carbonyl (C=O) groups is 1. The lowest BCUT2D eigenvalue weighted by molar-refractivity contribution is 0.102. The van der Waals surface area contributed by atoms with Crippen LogP contribution in [0.25, 0.3) is 22.3 Å². The number of amides is 1. The number of aryl methyl sites for hydroxylation is 2. The lowest BCUT2D eigenvalue weighted by Gasteiger charge is -2.10. The van der Waals surface area contributed by atoms with Gasteiger partial charge < -0.3 is 10.1 Å². The van der Waals surface area contributed by atoms with Gasteiger partial charge >= 0.3 is 0 Å². The first-order valence-corrected chi connectivity index (χ1v) is 8.92. The highest BCUT2D eigenvalue weighted by Crippen LogP contribution is 2.27. The maximum Gasteiger partial charge on any atom is 0.256 e. The third kappa shape index (κ3) is 3.20. The molecule has 2 aromatic carbocycles. The third-order valence-electron chi connectivity index (χ3n) is 4.63. The number of benzene rings is 2. The van der Waals surface area contributed by atoms with Gasteiger partial charge in [0.15, 0.2) is 5.65 Å². The fourth-order valence-electron chi connectivity index (χ4n) is 3.25. The molecule has 6 heteroatoms. The molecule has 2 aromatic heterocycles. The number of anilines is 1. The van der Waals surface area contributed by atoms with E-state index in [4.69, 9.17) is 9.72 Å². The van der Waals surface area contributed by atoms with Crippen molar-refractivity contribution < 1.29 is 9.53 Å². The van der Waals surface area contributed by atoms with E-state index >= 15 is 0 Å². The van der Waals surface area contributed by atoms with Crippen molar-refractivity contribution in [1.82, 2.24) is 14.8 Å². The number of nitrogens with one attached hydrogen (secondary N) is 1. The Morgan fingerprint density at radius 1 is 1.07 bits per heavy atom. The Kier molecular flexibility index (Phi) is 4.53. The molecule has 0 fully saturated rings. The maximum atomic E-state index is 13.1. The summed E-state index contributed by atoms with van der Waals surface area (Å²) in [4.78, 5) is 17.9. The summed E-state index contributed by atoms with van der Waals surface area (Å²) in [5, 5.41) is 8.17. The van der Waals surface area contributed by atoms with Crippen molar-refractivity contribution in [2.24, 2.45) is 7.05 Å². The van der Waals surface area contributed by atoms with Crippen LogP contribution >= 0.6 is 0 Å². The average molecular weight is 372 g/mol. The van der Waals surface area contributed by atoms with E-state index < -0.39 is 0 Å². The molecule has 2 heterocycles. The quantitative estimate of drug-likeness (QED) is 0.583. The Balaban J connectivity index is 1.80. The van der Waals surface area contributed by atoms with Crippen LogP contribution in [0.3, 0.4) is 0 Å². The van der Waals surface area contributed by atoms with Gasteiger partial charge in [0.25, 0.3) is 5.91 Å². The molecule has 0 saturated heterocycles.